The molecule has 1 atom stereocenters. The van der Waals surface area contributed by atoms with E-state index in [1.807, 2.05) is 0 Å². The van der Waals surface area contributed by atoms with Crippen LogP contribution < -0.4 is 9.47 Å². The molecule has 0 bridgehead atoms. The van der Waals surface area contributed by atoms with Gasteiger partial charge in [-0.25, -0.2) is 0 Å². The fourth-order valence-electron chi connectivity index (χ4n) is 1.64. The molecule has 1 aromatic carbocycles. The summed E-state index contributed by atoms with van der Waals surface area (Å²) in [7, 11) is 2.89. The van der Waals surface area contributed by atoms with Crippen LogP contribution in [0.3, 0.4) is 0 Å². The molecule has 1 aromatic rings. The van der Waals surface area contributed by atoms with Crippen LogP contribution in [0.2, 0.25) is 0 Å². The number of phenolic OH excluding ortho intramolecular Hbond substituents is 1. The summed E-state index contributed by atoms with van der Waals surface area (Å²) in [6, 6.07) is 3.15. The number of phenols is 1. The molecule has 0 saturated heterocycles. The van der Waals surface area contributed by atoms with Crippen LogP contribution in [-0.4, -0.2) is 37.6 Å². The Morgan fingerprint density at radius 2 is 1.74 bits per heavy atom. The van der Waals surface area contributed by atoms with Gasteiger partial charge in [0.05, 0.1) is 20.8 Å². The number of ether oxygens (including phenoxy) is 3. The van der Waals surface area contributed by atoms with Crippen LogP contribution in [0.4, 0.5) is 0 Å². The largest absolute Gasteiger partial charge is 0.502 e. The van der Waals surface area contributed by atoms with Crippen molar-refractivity contribution in [3.05, 3.63) is 17.7 Å². The molecular weight excluding hydrogens is 248 g/mol. The van der Waals surface area contributed by atoms with E-state index < -0.39 is 6.10 Å². The Morgan fingerprint density at radius 1 is 1.16 bits per heavy atom. The van der Waals surface area contributed by atoms with Gasteiger partial charge in [0.15, 0.2) is 11.5 Å². The van der Waals surface area contributed by atoms with Gasteiger partial charge >= 0.3 is 0 Å². The van der Waals surface area contributed by atoms with E-state index in [1.54, 1.807) is 12.1 Å². The molecule has 5 nitrogen and oxygen atoms in total. The minimum atomic E-state index is -0.778. The lowest BCUT2D eigenvalue weighted by Crippen LogP contribution is -2.08. The Kier molecular flexibility index (Phi) is 6.45. The van der Waals surface area contributed by atoms with Crippen LogP contribution in [0.15, 0.2) is 12.1 Å². The molecule has 0 aliphatic carbocycles. The van der Waals surface area contributed by atoms with E-state index in [9.17, 15) is 10.2 Å². The number of unbranched alkanes of at least 4 members (excludes halogenated alkanes) is 1. The van der Waals surface area contributed by atoms with Crippen LogP contribution in [-0.2, 0) is 4.74 Å². The van der Waals surface area contributed by atoms with Crippen LogP contribution in [0.5, 0.6) is 17.2 Å². The molecule has 0 fully saturated rings. The minimum Gasteiger partial charge on any atom is -0.502 e. The second-order valence-corrected chi connectivity index (χ2v) is 4.22. The summed E-state index contributed by atoms with van der Waals surface area (Å²) in [5, 5.41) is 19.8. The summed E-state index contributed by atoms with van der Waals surface area (Å²) in [6.45, 7) is 2.91. The molecular formula is C14H22O5. The molecule has 0 aliphatic rings. The van der Waals surface area contributed by atoms with Crippen molar-refractivity contribution in [3.63, 3.8) is 0 Å². The zero-order chi connectivity index (χ0) is 14.3. The number of benzene rings is 1. The van der Waals surface area contributed by atoms with Crippen molar-refractivity contribution in [3.8, 4) is 17.2 Å². The molecule has 1 rings (SSSR count). The summed E-state index contributed by atoms with van der Waals surface area (Å²) >= 11 is 0. The van der Waals surface area contributed by atoms with E-state index in [0.717, 1.165) is 12.8 Å². The van der Waals surface area contributed by atoms with Gasteiger partial charge < -0.3 is 24.4 Å². The van der Waals surface area contributed by atoms with Crippen LogP contribution in [0, 0.1) is 0 Å². The third kappa shape index (κ3) is 4.29. The summed E-state index contributed by atoms with van der Waals surface area (Å²) < 4.78 is 15.5. The molecule has 0 aromatic heterocycles. The summed E-state index contributed by atoms with van der Waals surface area (Å²) in [5.74, 6) is 0.455. The van der Waals surface area contributed by atoms with Gasteiger partial charge in [-0.3, -0.25) is 0 Å². The third-order valence-corrected chi connectivity index (χ3v) is 2.80. The molecule has 0 spiro atoms. The average molecular weight is 270 g/mol. The van der Waals surface area contributed by atoms with Gasteiger partial charge in [0, 0.05) is 6.61 Å². The van der Waals surface area contributed by atoms with E-state index in [0.29, 0.717) is 12.2 Å². The summed E-state index contributed by atoms with van der Waals surface area (Å²) in [4.78, 5) is 0. The molecule has 1 unspecified atom stereocenters. The number of aliphatic hydroxyl groups excluding tert-OH is 1. The lowest BCUT2D eigenvalue weighted by molar-refractivity contribution is 0.0347. The van der Waals surface area contributed by atoms with Crippen LogP contribution >= 0.6 is 0 Å². The maximum atomic E-state index is 10.0. The smallest absolute Gasteiger partial charge is 0.200 e. The number of aromatic hydroxyl groups is 1. The van der Waals surface area contributed by atoms with Gasteiger partial charge in [-0.15, -0.1) is 0 Å². The van der Waals surface area contributed by atoms with Gasteiger partial charge in [0.2, 0.25) is 5.75 Å². The van der Waals surface area contributed by atoms with Crippen LogP contribution in [0.1, 0.15) is 31.4 Å². The van der Waals surface area contributed by atoms with Crippen molar-refractivity contribution >= 4 is 0 Å². The number of rotatable bonds is 8. The quantitative estimate of drug-likeness (QED) is 0.709. The Balaban J connectivity index is 2.76. The van der Waals surface area contributed by atoms with Crippen molar-refractivity contribution in [2.75, 3.05) is 27.4 Å². The highest BCUT2D eigenvalue weighted by Gasteiger charge is 2.16. The highest BCUT2D eigenvalue weighted by atomic mass is 16.5. The minimum absolute atomic E-state index is 0.0761. The van der Waals surface area contributed by atoms with Crippen molar-refractivity contribution in [2.45, 2.75) is 25.9 Å². The van der Waals surface area contributed by atoms with Crippen molar-refractivity contribution in [1.29, 1.82) is 0 Å². The average Bonchev–Trinajstić information content (AvgIpc) is 2.43. The second-order valence-electron chi connectivity index (χ2n) is 4.22. The normalized spacial score (nSPS) is 12.2. The standard InChI is InChI=1S/C14H22O5/c1-4-5-6-19-9-11(15)10-7-12(17-2)14(16)13(8-10)18-3/h7-8,11,15-16H,4-6,9H2,1-3H3. The first kappa shape index (κ1) is 15.6. The Hall–Kier alpha value is -1.46. The highest BCUT2D eigenvalue weighted by Crippen LogP contribution is 2.38. The highest BCUT2D eigenvalue weighted by molar-refractivity contribution is 5.53. The molecule has 19 heavy (non-hydrogen) atoms. The molecule has 0 aliphatic heterocycles. The number of aliphatic hydroxyl groups is 1. The van der Waals surface area contributed by atoms with Crippen molar-refractivity contribution in [1.82, 2.24) is 0 Å². The van der Waals surface area contributed by atoms with Crippen molar-refractivity contribution in [2.24, 2.45) is 0 Å². The zero-order valence-electron chi connectivity index (χ0n) is 11.7. The lowest BCUT2D eigenvalue weighted by Gasteiger charge is -2.15. The fraction of sp³-hybridized carbons (Fsp3) is 0.571. The zero-order valence-corrected chi connectivity index (χ0v) is 11.7. The van der Waals surface area contributed by atoms with Gasteiger partial charge in [0.25, 0.3) is 0 Å². The molecule has 108 valence electrons. The van der Waals surface area contributed by atoms with E-state index in [2.05, 4.69) is 6.92 Å². The first-order valence-corrected chi connectivity index (χ1v) is 6.34. The maximum absolute atomic E-state index is 10.0. The molecule has 0 heterocycles. The molecule has 0 amide bonds. The lowest BCUT2D eigenvalue weighted by atomic mass is 10.1. The Morgan fingerprint density at radius 3 is 2.21 bits per heavy atom. The molecule has 0 saturated carbocycles. The summed E-state index contributed by atoms with van der Waals surface area (Å²) in [6.07, 6.45) is 1.24. The van der Waals surface area contributed by atoms with Crippen molar-refractivity contribution < 1.29 is 24.4 Å². The van der Waals surface area contributed by atoms with Gasteiger partial charge in [0.1, 0.15) is 6.10 Å². The molecule has 0 radical (unpaired) electrons. The monoisotopic (exact) mass is 270 g/mol. The second kappa shape index (κ2) is 7.86. The topological polar surface area (TPSA) is 68.2 Å². The Bertz CT molecular complexity index is 366. The summed E-state index contributed by atoms with van der Waals surface area (Å²) in [5.41, 5.74) is 0.586. The van der Waals surface area contributed by atoms with E-state index in [1.165, 1.54) is 14.2 Å². The number of hydrogen-bond acceptors (Lipinski definition) is 5. The van der Waals surface area contributed by atoms with E-state index >= 15 is 0 Å². The molecule has 2 N–H and O–H groups in total. The van der Waals surface area contributed by atoms with Crippen LogP contribution in [0.25, 0.3) is 0 Å². The first-order valence-electron chi connectivity index (χ1n) is 6.34. The van der Waals surface area contributed by atoms with E-state index in [4.69, 9.17) is 14.2 Å². The van der Waals surface area contributed by atoms with Gasteiger partial charge in [-0.05, 0) is 24.1 Å². The SMILES string of the molecule is CCCCOCC(O)c1cc(OC)c(O)c(OC)c1. The van der Waals surface area contributed by atoms with E-state index in [-0.39, 0.29) is 23.9 Å². The van der Waals surface area contributed by atoms with Gasteiger partial charge in [-0.1, -0.05) is 13.3 Å². The predicted octanol–water partition coefficient (Wildman–Crippen LogP) is 2.26. The van der Waals surface area contributed by atoms with Gasteiger partial charge in [-0.2, -0.15) is 0 Å². The first-order chi connectivity index (χ1) is 9.13. The fourth-order valence-corrected chi connectivity index (χ4v) is 1.64. The predicted molar refractivity (Wildman–Crippen MR) is 71.9 cm³/mol. The number of hydrogen-bond donors (Lipinski definition) is 2. The maximum Gasteiger partial charge on any atom is 0.200 e. The Labute approximate surface area is 113 Å². The third-order valence-electron chi connectivity index (χ3n) is 2.80. The molecule has 5 heteroatoms. The number of methoxy groups -OCH3 is 2.